The van der Waals surface area contributed by atoms with Gasteiger partial charge >= 0.3 is 0 Å². The van der Waals surface area contributed by atoms with E-state index in [-0.39, 0.29) is 0 Å². The van der Waals surface area contributed by atoms with E-state index in [4.69, 9.17) is 0 Å². The number of benzene rings is 1. The molecule has 1 nitrogen and oxygen atoms in total. The van der Waals surface area contributed by atoms with E-state index in [2.05, 4.69) is 49.5 Å². The number of hydrogen-bond acceptors (Lipinski definition) is 1. The highest BCUT2D eigenvalue weighted by atomic mass is 14.9. The molecule has 1 N–H and O–H groups in total. The summed E-state index contributed by atoms with van der Waals surface area (Å²) >= 11 is 0. The first-order chi connectivity index (χ1) is 9.75. The lowest BCUT2D eigenvalue weighted by atomic mass is 9.80. The maximum Gasteiger partial charge on any atom is 0.00203 e. The van der Waals surface area contributed by atoms with Gasteiger partial charge < -0.3 is 5.32 Å². The van der Waals surface area contributed by atoms with Crippen molar-refractivity contribution >= 4 is 0 Å². The minimum Gasteiger partial charge on any atom is -0.316 e. The van der Waals surface area contributed by atoms with Crippen molar-refractivity contribution in [2.24, 2.45) is 11.8 Å². The van der Waals surface area contributed by atoms with Crippen LogP contribution in [0.4, 0.5) is 0 Å². The van der Waals surface area contributed by atoms with Crippen molar-refractivity contribution < 1.29 is 0 Å². The SMILES string of the molecule is CC(C)CNCC(CC1CCCCC1)c1ccccc1. The molecule has 1 heteroatoms. The predicted octanol–water partition coefficient (Wildman–Crippen LogP) is 4.99. The molecule has 112 valence electrons. The molecule has 1 fully saturated rings. The van der Waals surface area contributed by atoms with Gasteiger partial charge in [0.25, 0.3) is 0 Å². The third-order valence-corrected chi connectivity index (χ3v) is 4.56. The molecule has 0 heterocycles. The standard InChI is InChI=1S/C19H31N/c1-16(2)14-20-15-19(18-11-7-4-8-12-18)13-17-9-5-3-6-10-17/h4,7-8,11-12,16-17,19-20H,3,5-6,9-10,13-15H2,1-2H3. The summed E-state index contributed by atoms with van der Waals surface area (Å²) in [5, 5.41) is 3.67. The first-order valence-corrected chi connectivity index (χ1v) is 8.51. The fourth-order valence-electron chi connectivity index (χ4n) is 3.43. The van der Waals surface area contributed by atoms with Gasteiger partial charge in [0.2, 0.25) is 0 Å². The summed E-state index contributed by atoms with van der Waals surface area (Å²) in [6.45, 7) is 6.84. The zero-order valence-electron chi connectivity index (χ0n) is 13.3. The third-order valence-electron chi connectivity index (χ3n) is 4.56. The van der Waals surface area contributed by atoms with Crippen molar-refractivity contribution in [3.8, 4) is 0 Å². The molecule has 0 aromatic heterocycles. The molecule has 0 radical (unpaired) electrons. The van der Waals surface area contributed by atoms with Crippen LogP contribution in [0.1, 0.15) is 63.9 Å². The Hall–Kier alpha value is -0.820. The van der Waals surface area contributed by atoms with Crippen LogP contribution < -0.4 is 5.32 Å². The van der Waals surface area contributed by atoms with Gasteiger partial charge in [-0.1, -0.05) is 76.3 Å². The van der Waals surface area contributed by atoms with Gasteiger partial charge in [-0.2, -0.15) is 0 Å². The second-order valence-corrected chi connectivity index (χ2v) is 6.90. The van der Waals surface area contributed by atoms with Crippen molar-refractivity contribution in [3.63, 3.8) is 0 Å². The van der Waals surface area contributed by atoms with Crippen LogP contribution in [-0.2, 0) is 0 Å². The first-order valence-electron chi connectivity index (χ1n) is 8.51. The summed E-state index contributed by atoms with van der Waals surface area (Å²) < 4.78 is 0. The Morgan fingerprint density at radius 2 is 1.70 bits per heavy atom. The summed E-state index contributed by atoms with van der Waals surface area (Å²) in [6, 6.07) is 11.1. The highest BCUT2D eigenvalue weighted by molar-refractivity contribution is 5.20. The number of nitrogens with one attached hydrogen (secondary N) is 1. The van der Waals surface area contributed by atoms with Crippen LogP contribution in [-0.4, -0.2) is 13.1 Å². The Bertz CT molecular complexity index is 351. The highest BCUT2D eigenvalue weighted by Gasteiger charge is 2.20. The van der Waals surface area contributed by atoms with Crippen LogP contribution in [0.2, 0.25) is 0 Å². The Morgan fingerprint density at radius 3 is 2.35 bits per heavy atom. The molecule has 0 amide bonds. The summed E-state index contributed by atoms with van der Waals surface area (Å²) in [7, 11) is 0. The van der Waals surface area contributed by atoms with Crippen LogP contribution in [0.25, 0.3) is 0 Å². The van der Waals surface area contributed by atoms with Crippen molar-refractivity contribution in [2.45, 2.75) is 58.3 Å². The molecular weight excluding hydrogens is 242 g/mol. The van der Waals surface area contributed by atoms with E-state index in [9.17, 15) is 0 Å². The van der Waals surface area contributed by atoms with E-state index in [1.54, 1.807) is 0 Å². The van der Waals surface area contributed by atoms with Crippen LogP contribution in [0.5, 0.6) is 0 Å². The van der Waals surface area contributed by atoms with Crippen LogP contribution >= 0.6 is 0 Å². The normalized spacial score (nSPS) is 18.4. The minimum atomic E-state index is 0.693. The molecule has 0 aliphatic heterocycles. The molecule has 0 saturated heterocycles. The van der Waals surface area contributed by atoms with Gasteiger partial charge in [0.15, 0.2) is 0 Å². The second-order valence-electron chi connectivity index (χ2n) is 6.90. The molecular formula is C19H31N. The zero-order chi connectivity index (χ0) is 14.2. The number of rotatable bonds is 7. The molecule has 1 unspecified atom stereocenters. The molecule has 20 heavy (non-hydrogen) atoms. The van der Waals surface area contributed by atoms with Crippen LogP contribution in [0.15, 0.2) is 30.3 Å². The maximum atomic E-state index is 3.67. The average Bonchev–Trinajstić information content (AvgIpc) is 2.48. The molecule has 1 saturated carbocycles. The fraction of sp³-hybridized carbons (Fsp3) is 0.684. The van der Waals surface area contributed by atoms with Gasteiger partial charge in [-0.3, -0.25) is 0 Å². The quantitative estimate of drug-likeness (QED) is 0.738. The van der Waals surface area contributed by atoms with E-state index in [1.165, 1.54) is 44.1 Å². The average molecular weight is 273 g/mol. The van der Waals surface area contributed by atoms with Crippen LogP contribution in [0, 0.1) is 11.8 Å². The van der Waals surface area contributed by atoms with Gasteiger partial charge in [-0.05, 0) is 36.3 Å². The molecule has 2 rings (SSSR count). The van der Waals surface area contributed by atoms with E-state index >= 15 is 0 Å². The predicted molar refractivity (Wildman–Crippen MR) is 88.1 cm³/mol. The lowest BCUT2D eigenvalue weighted by molar-refractivity contribution is 0.312. The highest BCUT2D eigenvalue weighted by Crippen LogP contribution is 2.32. The molecule has 1 aromatic rings. The molecule has 1 aromatic carbocycles. The van der Waals surface area contributed by atoms with Gasteiger partial charge in [-0.25, -0.2) is 0 Å². The third kappa shape index (κ3) is 5.28. The summed E-state index contributed by atoms with van der Waals surface area (Å²) in [5.41, 5.74) is 1.52. The zero-order valence-corrected chi connectivity index (χ0v) is 13.3. The molecule has 1 atom stereocenters. The summed E-state index contributed by atoms with van der Waals surface area (Å²) in [6.07, 6.45) is 8.63. The van der Waals surface area contributed by atoms with E-state index in [0.29, 0.717) is 5.92 Å². The Morgan fingerprint density at radius 1 is 1.00 bits per heavy atom. The summed E-state index contributed by atoms with van der Waals surface area (Å²) in [5.74, 6) is 2.38. The van der Waals surface area contributed by atoms with E-state index in [1.807, 2.05) is 0 Å². The van der Waals surface area contributed by atoms with Crippen molar-refractivity contribution in [1.29, 1.82) is 0 Å². The number of hydrogen-bond donors (Lipinski definition) is 1. The molecule has 1 aliphatic carbocycles. The minimum absolute atomic E-state index is 0.693. The largest absolute Gasteiger partial charge is 0.316 e. The molecule has 0 spiro atoms. The van der Waals surface area contributed by atoms with Gasteiger partial charge in [0, 0.05) is 6.54 Å². The van der Waals surface area contributed by atoms with Crippen LogP contribution in [0.3, 0.4) is 0 Å². The smallest absolute Gasteiger partial charge is 0.00203 e. The Labute approximate surface area is 125 Å². The molecule has 1 aliphatic rings. The Balaban J connectivity index is 1.92. The molecule has 0 bridgehead atoms. The second kappa shape index (κ2) is 8.46. The van der Waals surface area contributed by atoms with E-state index < -0.39 is 0 Å². The van der Waals surface area contributed by atoms with Gasteiger partial charge in [0.05, 0.1) is 0 Å². The lowest BCUT2D eigenvalue weighted by Gasteiger charge is -2.27. The fourth-order valence-corrected chi connectivity index (χ4v) is 3.43. The maximum absolute atomic E-state index is 3.67. The van der Waals surface area contributed by atoms with Gasteiger partial charge in [0.1, 0.15) is 0 Å². The van der Waals surface area contributed by atoms with Crippen molar-refractivity contribution in [2.75, 3.05) is 13.1 Å². The van der Waals surface area contributed by atoms with E-state index in [0.717, 1.165) is 24.9 Å². The van der Waals surface area contributed by atoms with Crippen molar-refractivity contribution in [3.05, 3.63) is 35.9 Å². The van der Waals surface area contributed by atoms with Crippen molar-refractivity contribution in [1.82, 2.24) is 5.32 Å². The topological polar surface area (TPSA) is 12.0 Å². The Kier molecular flexibility index (Phi) is 6.59. The lowest BCUT2D eigenvalue weighted by Crippen LogP contribution is -2.27. The summed E-state index contributed by atoms with van der Waals surface area (Å²) in [4.78, 5) is 0. The monoisotopic (exact) mass is 273 g/mol. The first kappa shape index (κ1) is 15.6. The van der Waals surface area contributed by atoms with Gasteiger partial charge in [-0.15, -0.1) is 0 Å².